The molecule has 192 valence electrons. The molecular formula is C30H27N3O5. The van der Waals surface area contributed by atoms with Crippen molar-refractivity contribution in [2.75, 3.05) is 25.8 Å². The molecule has 0 saturated heterocycles. The predicted molar refractivity (Wildman–Crippen MR) is 143 cm³/mol. The average Bonchev–Trinajstić information content (AvgIpc) is 2.96. The van der Waals surface area contributed by atoms with Crippen LogP contribution in [0.1, 0.15) is 43.6 Å². The highest BCUT2D eigenvalue weighted by Crippen LogP contribution is 2.32. The second kappa shape index (κ2) is 10.6. The number of methoxy groups -OCH3 is 1. The van der Waals surface area contributed by atoms with E-state index in [9.17, 15) is 14.4 Å². The molecule has 0 unspecified atom stereocenters. The molecule has 8 heteroatoms. The molecule has 0 fully saturated rings. The van der Waals surface area contributed by atoms with Gasteiger partial charge in [0.1, 0.15) is 18.8 Å². The van der Waals surface area contributed by atoms with E-state index in [0.29, 0.717) is 0 Å². The highest BCUT2D eigenvalue weighted by molar-refractivity contribution is 5.98. The minimum atomic E-state index is -0.808. The minimum absolute atomic E-state index is 0.0456. The summed E-state index contributed by atoms with van der Waals surface area (Å²) in [5.41, 5.74) is 1.88. The molecule has 0 N–H and O–H groups in total. The summed E-state index contributed by atoms with van der Waals surface area (Å²) in [5, 5.41) is 1.93. The van der Waals surface area contributed by atoms with Crippen LogP contribution >= 0.6 is 0 Å². The van der Waals surface area contributed by atoms with Gasteiger partial charge in [0, 0.05) is 13.2 Å². The summed E-state index contributed by atoms with van der Waals surface area (Å²) in [4.78, 5) is 41.3. The lowest BCUT2D eigenvalue weighted by molar-refractivity contribution is 0.0592. The average molecular weight is 510 g/mol. The third-order valence-electron chi connectivity index (χ3n) is 6.49. The quantitative estimate of drug-likeness (QED) is 0.351. The van der Waals surface area contributed by atoms with E-state index < -0.39 is 17.3 Å². The first-order chi connectivity index (χ1) is 18.5. The Bertz CT molecular complexity index is 1460. The Labute approximate surface area is 220 Å². The smallest absolute Gasteiger partial charge is 0.343 e. The number of benzene rings is 3. The van der Waals surface area contributed by atoms with Gasteiger partial charge in [-0.1, -0.05) is 91.0 Å². The fraction of sp³-hybridized carbons (Fsp3) is 0.167. The number of carbonyl (C=O) groups is 2. The van der Waals surface area contributed by atoms with Gasteiger partial charge in [-0.05, 0) is 16.7 Å². The van der Waals surface area contributed by atoms with Crippen LogP contribution in [-0.4, -0.2) is 42.3 Å². The highest BCUT2D eigenvalue weighted by Gasteiger charge is 2.37. The molecule has 0 saturated carbocycles. The summed E-state index contributed by atoms with van der Waals surface area (Å²) in [6.45, 7) is 0.243. The molecule has 1 amide bonds. The first-order valence-electron chi connectivity index (χ1n) is 12.2. The fourth-order valence-corrected chi connectivity index (χ4v) is 4.64. The van der Waals surface area contributed by atoms with E-state index in [1.807, 2.05) is 96.0 Å². The Balaban J connectivity index is 1.73. The molecule has 0 atom stereocenters. The molecule has 8 nitrogen and oxygen atoms in total. The summed E-state index contributed by atoms with van der Waals surface area (Å²) in [5.74, 6) is -1.40. The van der Waals surface area contributed by atoms with Crippen molar-refractivity contribution in [3.05, 3.63) is 135 Å². The topological polar surface area (TPSA) is 81.1 Å². The molecule has 3 aromatic carbocycles. The van der Waals surface area contributed by atoms with Gasteiger partial charge >= 0.3 is 5.97 Å². The molecule has 0 aliphatic carbocycles. The summed E-state index contributed by atoms with van der Waals surface area (Å²) >= 11 is 0. The molecule has 2 heterocycles. The Morgan fingerprint density at radius 2 is 1.42 bits per heavy atom. The van der Waals surface area contributed by atoms with Crippen molar-refractivity contribution in [3.63, 3.8) is 0 Å². The standard InChI is InChI=1S/C30H27N3O5/c1-31-20-33(25(22-14-8-4-9-15-22)23-16-10-5-11-17-23)32-18-24(30(36)37-2)27(34)28(26(32)29(31)35)38-19-21-12-6-3-7-13-21/h3-18,25H,19-20H2,1-2H3. The van der Waals surface area contributed by atoms with Crippen molar-refractivity contribution >= 4 is 11.9 Å². The summed E-state index contributed by atoms with van der Waals surface area (Å²) in [6, 6.07) is 28.6. The Hall–Kier alpha value is -4.85. The van der Waals surface area contributed by atoms with Crippen molar-refractivity contribution in [2.24, 2.45) is 0 Å². The Kier molecular flexibility index (Phi) is 6.95. The number of hydrogen-bond donors (Lipinski definition) is 0. The maximum absolute atomic E-state index is 13.5. The fourth-order valence-electron chi connectivity index (χ4n) is 4.64. The Morgan fingerprint density at radius 3 is 1.97 bits per heavy atom. The van der Waals surface area contributed by atoms with Crippen LogP contribution in [0.2, 0.25) is 0 Å². The third kappa shape index (κ3) is 4.64. The molecule has 0 radical (unpaired) electrons. The highest BCUT2D eigenvalue weighted by atomic mass is 16.5. The van der Waals surface area contributed by atoms with Gasteiger partial charge in [-0.3, -0.25) is 19.3 Å². The largest absolute Gasteiger partial charge is 0.482 e. The van der Waals surface area contributed by atoms with Gasteiger partial charge in [0.2, 0.25) is 5.43 Å². The van der Waals surface area contributed by atoms with Gasteiger partial charge in [0.25, 0.3) is 5.91 Å². The van der Waals surface area contributed by atoms with Gasteiger partial charge in [-0.2, -0.15) is 0 Å². The van der Waals surface area contributed by atoms with E-state index in [0.717, 1.165) is 16.7 Å². The summed E-state index contributed by atoms with van der Waals surface area (Å²) in [7, 11) is 2.88. The number of aromatic nitrogens is 1. The van der Waals surface area contributed by atoms with Crippen molar-refractivity contribution < 1.29 is 19.1 Å². The minimum Gasteiger partial charge on any atom is -0.482 e. The van der Waals surface area contributed by atoms with Crippen molar-refractivity contribution in [1.82, 2.24) is 9.58 Å². The normalized spacial score (nSPS) is 12.9. The van der Waals surface area contributed by atoms with Crippen LogP contribution in [0.3, 0.4) is 0 Å². The van der Waals surface area contributed by atoms with Crippen molar-refractivity contribution in [2.45, 2.75) is 12.6 Å². The monoisotopic (exact) mass is 509 g/mol. The first-order valence-corrected chi connectivity index (χ1v) is 12.2. The van der Waals surface area contributed by atoms with Crippen LogP contribution in [-0.2, 0) is 11.3 Å². The molecule has 4 aromatic rings. The summed E-state index contributed by atoms with van der Waals surface area (Å²) < 4.78 is 12.5. The molecule has 1 aliphatic rings. The number of ether oxygens (including phenoxy) is 2. The maximum Gasteiger partial charge on any atom is 0.343 e. The number of nitrogens with zero attached hydrogens (tertiary/aromatic N) is 3. The lowest BCUT2D eigenvalue weighted by Gasteiger charge is -2.43. The van der Waals surface area contributed by atoms with Crippen LogP contribution in [0.5, 0.6) is 5.75 Å². The van der Waals surface area contributed by atoms with Gasteiger partial charge in [-0.25, -0.2) is 4.79 Å². The number of esters is 1. The Morgan fingerprint density at radius 1 is 0.868 bits per heavy atom. The van der Waals surface area contributed by atoms with E-state index in [1.54, 1.807) is 11.7 Å². The first kappa shape index (κ1) is 24.8. The van der Waals surface area contributed by atoms with E-state index in [1.165, 1.54) is 18.2 Å². The number of hydrogen-bond acceptors (Lipinski definition) is 6. The predicted octanol–water partition coefficient (Wildman–Crippen LogP) is 3.98. The lowest BCUT2D eigenvalue weighted by Crippen LogP contribution is -2.54. The number of carbonyl (C=O) groups excluding carboxylic acids is 2. The van der Waals surface area contributed by atoms with E-state index in [2.05, 4.69) is 0 Å². The van der Waals surface area contributed by atoms with E-state index in [4.69, 9.17) is 9.47 Å². The SMILES string of the molecule is COC(=O)c1cn2c(c(OCc3ccccc3)c1=O)C(=O)N(C)CN2C(c1ccccc1)c1ccccc1. The van der Waals surface area contributed by atoms with Crippen molar-refractivity contribution in [1.29, 1.82) is 0 Å². The van der Waals surface area contributed by atoms with Gasteiger partial charge in [-0.15, -0.1) is 0 Å². The van der Waals surface area contributed by atoms with E-state index >= 15 is 0 Å². The number of amides is 1. The molecule has 5 rings (SSSR count). The van der Waals surface area contributed by atoms with Crippen molar-refractivity contribution in [3.8, 4) is 5.75 Å². The molecule has 38 heavy (non-hydrogen) atoms. The molecule has 0 bridgehead atoms. The number of fused-ring (bicyclic) bond motifs is 1. The zero-order valence-electron chi connectivity index (χ0n) is 21.1. The molecule has 0 spiro atoms. The zero-order chi connectivity index (χ0) is 26.6. The second-order valence-corrected chi connectivity index (χ2v) is 8.97. The zero-order valence-corrected chi connectivity index (χ0v) is 21.1. The van der Waals surface area contributed by atoms with Crippen LogP contribution < -0.4 is 15.2 Å². The van der Waals surface area contributed by atoms with Crippen LogP contribution in [0.15, 0.2) is 102 Å². The number of pyridine rings is 1. The van der Waals surface area contributed by atoms with Crippen LogP contribution in [0.25, 0.3) is 0 Å². The van der Waals surface area contributed by atoms with Gasteiger partial charge in [0.15, 0.2) is 11.4 Å². The second-order valence-electron chi connectivity index (χ2n) is 8.97. The van der Waals surface area contributed by atoms with Gasteiger partial charge < -0.3 is 14.4 Å². The molecule has 1 aromatic heterocycles. The van der Waals surface area contributed by atoms with Crippen LogP contribution in [0, 0.1) is 0 Å². The third-order valence-corrected chi connectivity index (χ3v) is 6.49. The van der Waals surface area contributed by atoms with E-state index in [-0.39, 0.29) is 36.3 Å². The van der Waals surface area contributed by atoms with Crippen LogP contribution in [0.4, 0.5) is 0 Å². The summed E-state index contributed by atoms with van der Waals surface area (Å²) in [6.07, 6.45) is 1.38. The molecular weight excluding hydrogens is 482 g/mol. The maximum atomic E-state index is 13.5. The van der Waals surface area contributed by atoms with Gasteiger partial charge in [0.05, 0.1) is 13.2 Å². The number of rotatable bonds is 7. The lowest BCUT2D eigenvalue weighted by atomic mass is 9.98. The molecule has 1 aliphatic heterocycles.